The van der Waals surface area contributed by atoms with Gasteiger partial charge < -0.3 is 15.4 Å². The quantitative estimate of drug-likeness (QED) is 0.427. The maximum absolute atomic E-state index is 11.7. The molecular formula is C15H18BrN3O2. The first kappa shape index (κ1) is 17.2. The molecule has 0 radical (unpaired) electrons. The Hall–Kier alpha value is -1.84. The zero-order valence-electron chi connectivity index (χ0n) is 11.9. The molecule has 0 atom stereocenters. The minimum Gasteiger partial charge on any atom is -0.386 e. The second kappa shape index (κ2) is 9.97. The zero-order chi connectivity index (χ0) is 15.5. The number of hydrogen-bond acceptors (Lipinski definition) is 4. The van der Waals surface area contributed by atoms with Crippen LogP contribution in [0, 0.1) is 11.3 Å². The SMILES string of the molecule is COCCCNC(=O)/C(C#N)=C\NCc1ccc(Br)cc1. The first-order chi connectivity index (χ1) is 10.2. The van der Waals surface area contributed by atoms with Crippen LogP contribution in [0.25, 0.3) is 0 Å². The molecule has 2 N–H and O–H groups in total. The molecule has 0 aliphatic heterocycles. The fraction of sp³-hybridized carbons (Fsp3) is 0.333. The van der Waals surface area contributed by atoms with Crippen molar-refractivity contribution in [3.8, 4) is 6.07 Å². The van der Waals surface area contributed by atoms with Crippen molar-refractivity contribution in [2.75, 3.05) is 20.3 Å². The van der Waals surface area contributed by atoms with Crippen LogP contribution in [0.5, 0.6) is 0 Å². The van der Waals surface area contributed by atoms with Crippen LogP contribution in [0.4, 0.5) is 0 Å². The number of nitrogens with one attached hydrogen (secondary N) is 2. The van der Waals surface area contributed by atoms with Gasteiger partial charge >= 0.3 is 0 Å². The highest BCUT2D eigenvalue weighted by atomic mass is 79.9. The maximum Gasteiger partial charge on any atom is 0.263 e. The molecule has 1 rings (SSSR count). The van der Waals surface area contributed by atoms with Crippen LogP contribution in [0.2, 0.25) is 0 Å². The lowest BCUT2D eigenvalue weighted by Crippen LogP contribution is -2.27. The summed E-state index contributed by atoms with van der Waals surface area (Å²) >= 11 is 3.36. The lowest BCUT2D eigenvalue weighted by molar-refractivity contribution is -0.117. The van der Waals surface area contributed by atoms with Crippen LogP contribution >= 0.6 is 15.9 Å². The van der Waals surface area contributed by atoms with Crippen LogP contribution in [0.1, 0.15) is 12.0 Å². The molecule has 0 heterocycles. The molecule has 0 saturated carbocycles. The Balaban J connectivity index is 2.42. The Morgan fingerprint density at radius 2 is 2.14 bits per heavy atom. The van der Waals surface area contributed by atoms with Gasteiger partial charge in [0.05, 0.1) is 0 Å². The summed E-state index contributed by atoms with van der Waals surface area (Å²) in [7, 11) is 1.61. The van der Waals surface area contributed by atoms with Crippen molar-refractivity contribution >= 4 is 21.8 Å². The van der Waals surface area contributed by atoms with Crippen molar-refractivity contribution in [2.24, 2.45) is 0 Å². The van der Waals surface area contributed by atoms with Gasteiger partial charge in [0, 0.05) is 37.5 Å². The Labute approximate surface area is 133 Å². The number of hydrogen-bond donors (Lipinski definition) is 2. The van der Waals surface area contributed by atoms with Crippen molar-refractivity contribution in [3.63, 3.8) is 0 Å². The molecule has 112 valence electrons. The van der Waals surface area contributed by atoms with Gasteiger partial charge in [-0.2, -0.15) is 5.26 Å². The van der Waals surface area contributed by atoms with Crippen LogP contribution in [0.15, 0.2) is 40.5 Å². The summed E-state index contributed by atoms with van der Waals surface area (Å²) in [4.78, 5) is 11.7. The third-order valence-corrected chi connectivity index (χ3v) is 3.17. The summed E-state index contributed by atoms with van der Waals surface area (Å²) in [6.07, 6.45) is 2.15. The molecule has 1 aromatic carbocycles. The highest BCUT2D eigenvalue weighted by Crippen LogP contribution is 2.10. The van der Waals surface area contributed by atoms with Crippen LogP contribution in [-0.4, -0.2) is 26.2 Å². The Kier molecular flexibility index (Phi) is 8.17. The fourth-order valence-electron chi connectivity index (χ4n) is 1.54. The molecule has 0 bridgehead atoms. The second-order valence-electron chi connectivity index (χ2n) is 4.28. The molecule has 0 aliphatic carbocycles. The third-order valence-electron chi connectivity index (χ3n) is 2.64. The normalized spacial score (nSPS) is 10.8. The van der Waals surface area contributed by atoms with Crippen molar-refractivity contribution in [1.82, 2.24) is 10.6 Å². The number of carbonyl (C=O) groups is 1. The van der Waals surface area contributed by atoms with Crippen molar-refractivity contribution in [2.45, 2.75) is 13.0 Å². The van der Waals surface area contributed by atoms with Crippen LogP contribution < -0.4 is 10.6 Å². The van der Waals surface area contributed by atoms with E-state index in [4.69, 9.17) is 10.00 Å². The predicted octanol–water partition coefficient (Wildman–Crippen LogP) is 2.10. The molecule has 0 aromatic heterocycles. The summed E-state index contributed by atoms with van der Waals surface area (Å²) < 4.78 is 5.90. The van der Waals surface area contributed by atoms with E-state index in [0.717, 1.165) is 10.0 Å². The lowest BCUT2D eigenvalue weighted by Gasteiger charge is -2.05. The van der Waals surface area contributed by atoms with Crippen molar-refractivity contribution in [1.29, 1.82) is 5.26 Å². The van der Waals surface area contributed by atoms with E-state index in [1.165, 1.54) is 6.20 Å². The van der Waals surface area contributed by atoms with E-state index in [1.54, 1.807) is 7.11 Å². The minimum absolute atomic E-state index is 0.0597. The molecule has 0 unspecified atom stereocenters. The fourth-order valence-corrected chi connectivity index (χ4v) is 1.80. The Bertz CT molecular complexity index is 521. The van der Waals surface area contributed by atoms with Gasteiger partial charge in [-0.05, 0) is 24.1 Å². The summed E-state index contributed by atoms with van der Waals surface area (Å²) in [6, 6.07) is 9.68. The average molecular weight is 352 g/mol. The first-order valence-electron chi connectivity index (χ1n) is 6.52. The van der Waals surface area contributed by atoms with Crippen molar-refractivity contribution in [3.05, 3.63) is 46.1 Å². The number of amides is 1. The van der Waals surface area contributed by atoms with Gasteiger partial charge in [0.2, 0.25) is 0 Å². The van der Waals surface area contributed by atoms with Gasteiger partial charge in [-0.1, -0.05) is 28.1 Å². The van der Waals surface area contributed by atoms with E-state index in [1.807, 2.05) is 30.3 Å². The third kappa shape index (κ3) is 6.93. The molecular weight excluding hydrogens is 334 g/mol. The highest BCUT2D eigenvalue weighted by Gasteiger charge is 2.07. The molecule has 5 nitrogen and oxygen atoms in total. The zero-order valence-corrected chi connectivity index (χ0v) is 13.4. The summed E-state index contributed by atoms with van der Waals surface area (Å²) in [5.74, 6) is -0.378. The second-order valence-corrected chi connectivity index (χ2v) is 5.20. The number of carbonyl (C=O) groups excluding carboxylic acids is 1. The van der Waals surface area contributed by atoms with Gasteiger partial charge in [-0.25, -0.2) is 0 Å². The van der Waals surface area contributed by atoms with Crippen LogP contribution in [-0.2, 0) is 16.1 Å². The number of nitrogens with zero attached hydrogens (tertiary/aromatic N) is 1. The standard InChI is InChI=1S/C15H18BrN3O2/c1-21-8-2-7-19-15(20)13(9-17)11-18-10-12-3-5-14(16)6-4-12/h3-6,11,18H,2,7-8,10H2,1H3,(H,19,20)/b13-11-. The molecule has 1 aromatic rings. The number of nitriles is 1. The summed E-state index contributed by atoms with van der Waals surface area (Å²) in [5, 5.41) is 14.6. The smallest absolute Gasteiger partial charge is 0.263 e. The van der Waals surface area contributed by atoms with Crippen molar-refractivity contribution < 1.29 is 9.53 Å². The first-order valence-corrected chi connectivity index (χ1v) is 7.32. The lowest BCUT2D eigenvalue weighted by atomic mass is 10.2. The maximum atomic E-state index is 11.7. The van der Waals surface area contributed by atoms with Gasteiger partial charge in [-0.15, -0.1) is 0 Å². The average Bonchev–Trinajstić information content (AvgIpc) is 2.50. The molecule has 0 aliphatic rings. The van der Waals surface area contributed by atoms with E-state index in [9.17, 15) is 4.79 Å². The number of ether oxygens (including phenoxy) is 1. The number of methoxy groups -OCH3 is 1. The molecule has 0 spiro atoms. The summed E-state index contributed by atoms with van der Waals surface area (Å²) in [6.45, 7) is 1.61. The largest absolute Gasteiger partial charge is 0.386 e. The van der Waals surface area contributed by atoms with E-state index in [0.29, 0.717) is 26.1 Å². The molecule has 6 heteroatoms. The number of halogens is 1. The number of benzene rings is 1. The highest BCUT2D eigenvalue weighted by molar-refractivity contribution is 9.10. The van der Waals surface area contributed by atoms with E-state index in [-0.39, 0.29) is 11.5 Å². The van der Waals surface area contributed by atoms with Gasteiger partial charge in [0.1, 0.15) is 11.6 Å². The van der Waals surface area contributed by atoms with E-state index < -0.39 is 0 Å². The van der Waals surface area contributed by atoms with E-state index >= 15 is 0 Å². The molecule has 1 amide bonds. The molecule has 0 saturated heterocycles. The van der Waals surface area contributed by atoms with Crippen LogP contribution in [0.3, 0.4) is 0 Å². The van der Waals surface area contributed by atoms with E-state index in [2.05, 4.69) is 26.6 Å². The van der Waals surface area contributed by atoms with Gasteiger partial charge in [0.15, 0.2) is 0 Å². The minimum atomic E-state index is -0.378. The monoisotopic (exact) mass is 351 g/mol. The molecule has 0 fully saturated rings. The summed E-state index contributed by atoms with van der Waals surface area (Å²) in [5.41, 5.74) is 1.12. The molecule has 21 heavy (non-hydrogen) atoms. The predicted molar refractivity (Wildman–Crippen MR) is 84.2 cm³/mol. The Morgan fingerprint density at radius 1 is 1.43 bits per heavy atom. The topological polar surface area (TPSA) is 74.1 Å². The van der Waals surface area contributed by atoms with Gasteiger partial charge in [0.25, 0.3) is 5.91 Å². The number of rotatable bonds is 8. The van der Waals surface area contributed by atoms with Gasteiger partial charge in [-0.3, -0.25) is 4.79 Å². The Morgan fingerprint density at radius 3 is 2.76 bits per heavy atom.